The lowest BCUT2D eigenvalue weighted by atomic mass is 9.86. The van der Waals surface area contributed by atoms with Crippen LogP contribution in [-0.4, -0.2) is 57.8 Å². The zero-order chi connectivity index (χ0) is 24.3. The van der Waals surface area contributed by atoms with E-state index < -0.39 is 26.0 Å². The predicted molar refractivity (Wildman–Crippen MR) is 125 cm³/mol. The van der Waals surface area contributed by atoms with Crippen LogP contribution < -0.4 is 11.4 Å². The van der Waals surface area contributed by atoms with Gasteiger partial charge in [-0.25, -0.2) is 9.46 Å². The summed E-state index contributed by atoms with van der Waals surface area (Å²) in [6.07, 6.45) is 1.69. The number of nitrogens with two attached hydrogens (primary N) is 1. The van der Waals surface area contributed by atoms with Gasteiger partial charge in [0.1, 0.15) is 23.8 Å². The van der Waals surface area contributed by atoms with Crippen LogP contribution in [0.1, 0.15) is 59.3 Å². The second-order valence-electron chi connectivity index (χ2n) is 9.18. The van der Waals surface area contributed by atoms with Crippen LogP contribution in [0.25, 0.3) is 0 Å². The molecule has 0 aliphatic carbocycles. The molecule has 184 valence electrons. The summed E-state index contributed by atoms with van der Waals surface area (Å²) in [4.78, 5) is 16.7. The molecule has 2 aliphatic rings. The molecule has 0 radical (unpaired) electrons. The molecule has 2 aliphatic heterocycles. The van der Waals surface area contributed by atoms with Crippen molar-refractivity contribution in [2.45, 2.75) is 84.4 Å². The van der Waals surface area contributed by atoms with Crippen molar-refractivity contribution < 1.29 is 18.5 Å². The SMILES string of the molecule is CC[C@@]12COCC([C@H](n3cc(C)c(N)nc3=O)O1)[C@H]2OP(OCCC#N)N(C(C)C)C(C)C. The molecule has 0 spiro atoms. The summed E-state index contributed by atoms with van der Waals surface area (Å²) in [5, 5.41) is 9.00. The van der Waals surface area contributed by atoms with E-state index in [0.717, 1.165) is 0 Å². The molecule has 10 nitrogen and oxygen atoms in total. The Balaban J connectivity index is 1.96. The monoisotopic (exact) mass is 481 g/mol. The van der Waals surface area contributed by atoms with Crippen LogP contribution in [0.3, 0.4) is 0 Å². The third-order valence-electron chi connectivity index (χ3n) is 6.20. The first kappa shape index (κ1) is 26.0. The van der Waals surface area contributed by atoms with Crippen molar-refractivity contribution in [1.29, 1.82) is 5.26 Å². The zero-order valence-corrected chi connectivity index (χ0v) is 21.2. The fraction of sp³-hybridized carbons (Fsp3) is 0.773. The van der Waals surface area contributed by atoms with Gasteiger partial charge in [0.25, 0.3) is 8.53 Å². The van der Waals surface area contributed by atoms with Gasteiger partial charge < -0.3 is 24.3 Å². The number of aryl methyl sites for hydroxylation is 1. The molecule has 2 fully saturated rings. The number of nitriles is 1. The highest BCUT2D eigenvalue weighted by Gasteiger charge is 2.60. The second kappa shape index (κ2) is 10.8. The summed E-state index contributed by atoms with van der Waals surface area (Å²) in [5.41, 5.74) is 5.36. The molecule has 33 heavy (non-hydrogen) atoms. The third kappa shape index (κ3) is 5.24. The topological polar surface area (TPSA) is 125 Å². The van der Waals surface area contributed by atoms with Gasteiger partial charge >= 0.3 is 5.69 Å². The largest absolute Gasteiger partial charge is 0.383 e. The number of rotatable bonds is 10. The van der Waals surface area contributed by atoms with E-state index in [-0.39, 0.29) is 43.0 Å². The molecule has 11 heteroatoms. The predicted octanol–water partition coefficient (Wildman–Crippen LogP) is 3.12. The van der Waals surface area contributed by atoms with E-state index in [1.165, 1.54) is 4.57 Å². The molecule has 5 atom stereocenters. The zero-order valence-electron chi connectivity index (χ0n) is 20.4. The normalized spacial score (nSPS) is 27.9. The Labute approximate surface area is 196 Å². The van der Waals surface area contributed by atoms with Gasteiger partial charge in [-0.3, -0.25) is 4.57 Å². The van der Waals surface area contributed by atoms with Crippen molar-refractivity contribution in [2.24, 2.45) is 5.92 Å². The molecule has 1 aromatic rings. The van der Waals surface area contributed by atoms with E-state index in [4.69, 9.17) is 29.5 Å². The number of nitrogen functional groups attached to an aromatic ring is 1. The molecule has 3 heterocycles. The van der Waals surface area contributed by atoms with Gasteiger partial charge in [-0.1, -0.05) is 6.92 Å². The van der Waals surface area contributed by atoms with Gasteiger partial charge in [0.05, 0.1) is 38.2 Å². The van der Waals surface area contributed by atoms with Crippen molar-refractivity contribution in [3.63, 3.8) is 0 Å². The van der Waals surface area contributed by atoms with Crippen LogP contribution in [0.2, 0.25) is 0 Å². The highest BCUT2D eigenvalue weighted by molar-refractivity contribution is 7.44. The number of hydrogen-bond acceptors (Lipinski definition) is 9. The fourth-order valence-electron chi connectivity index (χ4n) is 4.56. The van der Waals surface area contributed by atoms with E-state index in [0.29, 0.717) is 25.2 Å². The maximum Gasteiger partial charge on any atom is 0.351 e. The Morgan fingerprint density at radius 1 is 1.42 bits per heavy atom. The van der Waals surface area contributed by atoms with E-state index >= 15 is 0 Å². The summed E-state index contributed by atoms with van der Waals surface area (Å²) in [5.74, 6) is -0.0163. The summed E-state index contributed by atoms with van der Waals surface area (Å²) < 4.78 is 29.0. The first-order chi connectivity index (χ1) is 15.6. The quantitative estimate of drug-likeness (QED) is 0.396. The van der Waals surface area contributed by atoms with Gasteiger partial charge in [0.2, 0.25) is 0 Å². The fourth-order valence-corrected chi connectivity index (χ4v) is 6.41. The van der Waals surface area contributed by atoms with E-state index in [9.17, 15) is 4.79 Å². The minimum Gasteiger partial charge on any atom is -0.383 e. The molecule has 2 bridgehead atoms. The summed E-state index contributed by atoms with van der Waals surface area (Å²) in [7, 11) is -1.47. The summed E-state index contributed by atoms with van der Waals surface area (Å²) in [6.45, 7) is 13.3. The van der Waals surface area contributed by atoms with E-state index in [1.807, 2.05) is 13.8 Å². The van der Waals surface area contributed by atoms with Crippen molar-refractivity contribution in [3.05, 3.63) is 22.2 Å². The third-order valence-corrected chi connectivity index (χ3v) is 8.31. The Kier molecular flexibility index (Phi) is 8.49. The Hall–Kier alpha value is -1.60. The van der Waals surface area contributed by atoms with Gasteiger partial charge in [-0.2, -0.15) is 10.2 Å². The summed E-state index contributed by atoms with van der Waals surface area (Å²) in [6, 6.07) is 2.48. The Morgan fingerprint density at radius 3 is 2.73 bits per heavy atom. The van der Waals surface area contributed by atoms with Crippen molar-refractivity contribution >= 4 is 14.3 Å². The minimum absolute atomic E-state index is 0.177. The number of anilines is 1. The number of aromatic nitrogens is 2. The molecule has 3 rings (SSSR count). The molecule has 1 aromatic heterocycles. The average molecular weight is 482 g/mol. The first-order valence-electron chi connectivity index (χ1n) is 11.5. The first-order valence-corrected chi connectivity index (χ1v) is 12.6. The lowest BCUT2D eigenvalue weighted by Gasteiger charge is -2.42. The molecule has 0 amide bonds. The highest BCUT2D eigenvalue weighted by Crippen LogP contribution is 2.55. The smallest absolute Gasteiger partial charge is 0.351 e. The van der Waals surface area contributed by atoms with Crippen LogP contribution in [0.15, 0.2) is 11.0 Å². The van der Waals surface area contributed by atoms with Crippen LogP contribution in [0.5, 0.6) is 0 Å². The molecular formula is C22H36N5O5P. The van der Waals surface area contributed by atoms with Crippen molar-refractivity contribution in [1.82, 2.24) is 14.2 Å². The number of nitrogens with zero attached hydrogens (tertiary/aromatic N) is 4. The van der Waals surface area contributed by atoms with Gasteiger partial charge in [-0.05, 0) is 41.0 Å². The number of fused-ring (bicyclic) bond motifs is 2. The highest BCUT2D eigenvalue weighted by atomic mass is 31.2. The van der Waals surface area contributed by atoms with Crippen molar-refractivity contribution in [2.75, 3.05) is 25.6 Å². The van der Waals surface area contributed by atoms with Gasteiger partial charge in [0.15, 0.2) is 0 Å². The summed E-state index contributed by atoms with van der Waals surface area (Å²) >= 11 is 0. The Morgan fingerprint density at radius 2 is 2.12 bits per heavy atom. The Bertz CT molecular complexity index is 911. The minimum atomic E-state index is -1.47. The molecule has 2 unspecified atom stereocenters. The average Bonchev–Trinajstić information content (AvgIpc) is 2.91. The van der Waals surface area contributed by atoms with Crippen LogP contribution in [-0.2, 0) is 18.5 Å². The lowest BCUT2D eigenvalue weighted by Crippen LogP contribution is -2.51. The number of hydrogen-bond donors (Lipinski definition) is 1. The van der Waals surface area contributed by atoms with Crippen molar-refractivity contribution in [3.8, 4) is 6.07 Å². The van der Waals surface area contributed by atoms with Crippen LogP contribution >= 0.6 is 8.53 Å². The molecule has 0 aromatic carbocycles. The maximum atomic E-state index is 12.7. The van der Waals surface area contributed by atoms with Crippen LogP contribution in [0.4, 0.5) is 5.82 Å². The molecule has 0 saturated carbocycles. The molecular weight excluding hydrogens is 445 g/mol. The van der Waals surface area contributed by atoms with Crippen LogP contribution in [0, 0.1) is 24.2 Å². The second-order valence-corrected chi connectivity index (χ2v) is 10.6. The molecule has 2 saturated heterocycles. The molecule has 2 N–H and O–H groups in total. The standard InChI is InChI=1S/C22H36N5O5P/c1-7-22-13-29-12-17(20(31-22)26-11-16(6)19(24)25-21(26)28)18(22)32-33(30-10-8-9-23)27(14(2)3)15(4)5/h11,14-15,17-18,20H,7-8,10,12-13H2,1-6H3,(H2,24,25,28)/t17?,18-,20-,22+,33?/m1/s1. The lowest BCUT2D eigenvalue weighted by molar-refractivity contribution is -0.140. The maximum absolute atomic E-state index is 12.7. The number of ether oxygens (including phenoxy) is 2. The van der Waals surface area contributed by atoms with Gasteiger partial charge in [-0.15, -0.1) is 0 Å². The van der Waals surface area contributed by atoms with Gasteiger partial charge in [0, 0.05) is 23.8 Å². The van der Waals surface area contributed by atoms with E-state index in [2.05, 4.69) is 43.4 Å². The van der Waals surface area contributed by atoms with E-state index in [1.54, 1.807) is 6.20 Å².